The molecule has 2 aromatic rings. The summed E-state index contributed by atoms with van der Waals surface area (Å²) in [5, 5.41) is 7.38. The molecule has 0 radical (unpaired) electrons. The molecule has 2 rings (SSSR count). The van der Waals surface area contributed by atoms with Crippen molar-refractivity contribution in [2.75, 3.05) is 6.54 Å². The smallest absolute Gasteiger partial charge is 0.174 e. The molecule has 0 aliphatic rings. The highest BCUT2D eigenvalue weighted by atomic mass is 16.5. The van der Waals surface area contributed by atoms with Gasteiger partial charge in [0.05, 0.1) is 5.69 Å². The zero-order chi connectivity index (χ0) is 15.2. The van der Waals surface area contributed by atoms with Crippen molar-refractivity contribution < 1.29 is 9.26 Å². The standard InChI is InChI=1S/C17H24N2O2/c1-12(2)9-18-10-15-8-17(21-19-15)11-20-16-6-13(3)5-14(4)7-16/h5-8,12,18H,9-11H2,1-4H3. The molecule has 0 amide bonds. The lowest BCUT2D eigenvalue weighted by Crippen LogP contribution is -2.19. The molecule has 1 heterocycles. The van der Waals surface area contributed by atoms with Gasteiger partial charge in [-0.3, -0.25) is 0 Å². The highest BCUT2D eigenvalue weighted by molar-refractivity contribution is 5.33. The van der Waals surface area contributed by atoms with Crippen molar-refractivity contribution in [2.45, 2.75) is 40.8 Å². The fraction of sp³-hybridized carbons (Fsp3) is 0.471. The van der Waals surface area contributed by atoms with Crippen molar-refractivity contribution >= 4 is 0 Å². The van der Waals surface area contributed by atoms with Gasteiger partial charge in [0.1, 0.15) is 12.4 Å². The molecule has 1 N–H and O–H groups in total. The Kier molecular flexibility index (Phi) is 5.39. The van der Waals surface area contributed by atoms with E-state index in [1.807, 2.05) is 18.2 Å². The number of rotatable bonds is 7. The summed E-state index contributed by atoms with van der Waals surface area (Å²) >= 11 is 0. The lowest BCUT2D eigenvalue weighted by atomic mass is 10.1. The predicted molar refractivity (Wildman–Crippen MR) is 83.3 cm³/mol. The molecular formula is C17H24N2O2. The van der Waals surface area contributed by atoms with E-state index in [1.165, 1.54) is 11.1 Å². The van der Waals surface area contributed by atoms with Gasteiger partial charge in [-0.25, -0.2) is 0 Å². The van der Waals surface area contributed by atoms with Gasteiger partial charge in [-0.05, 0) is 49.6 Å². The Morgan fingerprint density at radius 1 is 1.14 bits per heavy atom. The lowest BCUT2D eigenvalue weighted by Gasteiger charge is -2.06. The van der Waals surface area contributed by atoms with Crippen molar-refractivity contribution in [3.05, 3.63) is 46.8 Å². The van der Waals surface area contributed by atoms with Gasteiger partial charge in [-0.2, -0.15) is 0 Å². The molecule has 4 nitrogen and oxygen atoms in total. The van der Waals surface area contributed by atoms with E-state index in [1.54, 1.807) is 0 Å². The summed E-state index contributed by atoms with van der Waals surface area (Å²) in [5.41, 5.74) is 3.30. The Labute approximate surface area is 126 Å². The molecular weight excluding hydrogens is 264 g/mol. The maximum atomic E-state index is 5.76. The molecule has 4 heteroatoms. The molecule has 21 heavy (non-hydrogen) atoms. The minimum Gasteiger partial charge on any atom is -0.486 e. The van der Waals surface area contributed by atoms with Crippen molar-refractivity contribution in [2.24, 2.45) is 5.92 Å². The Morgan fingerprint density at radius 2 is 1.86 bits per heavy atom. The maximum Gasteiger partial charge on any atom is 0.174 e. The van der Waals surface area contributed by atoms with Crippen molar-refractivity contribution in [3.63, 3.8) is 0 Å². The van der Waals surface area contributed by atoms with Gasteiger partial charge < -0.3 is 14.6 Å². The summed E-state index contributed by atoms with van der Waals surface area (Å²) in [7, 11) is 0. The van der Waals surface area contributed by atoms with Gasteiger partial charge >= 0.3 is 0 Å². The van der Waals surface area contributed by atoms with Gasteiger partial charge in [-0.15, -0.1) is 0 Å². The number of benzene rings is 1. The Morgan fingerprint density at radius 3 is 2.52 bits per heavy atom. The third-order valence-corrected chi connectivity index (χ3v) is 3.04. The van der Waals surface area contributed by atoms with Crippen LogP contribution in [0.1, 0.15) is 36.4 Å². The number of nitrogens with zero attached hydrogens (tertiary/aromatic N) is 1. The van der Waals surface area contributed by atoms with Gasteiger partial charge in [0, 0.05) is 12.6 Å². The van der Waals surface area contributed by atoms with E-state index >= 15 is 0 Å². The quantitative estimate of drug-likeness (QED) is 0.845. The number of aryl methyl sites for hydroxylation is 2. The first kappa shape index (κ1) is 15.6. The Bertz CT molecular complexity index is 556. The van der Waals surface area contributed by atoms with Crippen molar-refractivity contribution in [1.82, 2.24) is 10.5 Å². The lowest BCUT2D eigenvalue weighted by molar-refractivity contribution is 0.248. The number of ether oxygens (including phenoxy) is 1. The van der Waals surface area contributed by atoms with Crippen molar-refractivity contribution in [3.8, 4) is 5.75 Å². The first-order valence-corrected chi connectivity index (χ1v) is 7.39. The average molecular weight is 288 g/mol. The Balaban J connectivity index is 1.85. The number of hydrogen-bond donors (Lipinski definition) is 1. The summed E-state index contributed by atoms with van der Waals surface area (Å²) in [6, 6.07) is 8.11. The van der Waals surface area contributed by atoms with Gasteiger partial charge in [0.25, 0.3) is 0 Å². The van der Waals surface area contributed by atoms with Crippen LogP contribution in [0.15, 0.2) is 28.8 Å². The molecule has 0 saturated carbocycles. The molecule has 0 spiro atoms. The van der Waals surface area contributed by atoms with E-state index in [-0.39, 0.29) is 0 Å². The van der Waals surface area contributed by atoms with Gasteiger partial charge in [0.15, 0.2) is 5.76 Å². The van der Waals surface area contributed by atoms with Crippen LogP contribution in [0.5, 0.6) is 5.75 Å². The van der Waals surface area contributed by atoms with E-state index in [9.17, 15) is 0 Å². The number of nitrogens with one attached hydrogen (secondary N) is 1. The summed E-state index contributed by atoms with van der Waals surface area (Å²) in [6.45, 7) is 10.6. The van der Waals surface area contributed by atoms with Crippen LogP contribution in [0.25, 0.3) is 0 Å². The molecule has 1 aromatic carbocycles. The second-order valence-corrected chi connectivity index (χ2v) is 5.92. The van der Waals surface area contributed by atoms with Crippen LogP contribution in [0, 0.1) is 19.8 Å². The average Bonchev–Trinajstić information content (AvgIpc) is 2.83. The molecule has 1 aromatic heterocycles. The van der Waals surface area contributed by atoms with E-state index in [0.29, 0.717) is 12.5 Å². The predicted octanol–water partition coefficient (Wildman–Crippen LogP) is 3.62. The molecule has 0 unspecified atom stereocenters. The normalized spacial score (nSPS) is 11.1. The largest absolute Gasteiger partial charge is 0.486 e. The third kappa shape index (κ3) is 5.23. The maximum absolute atomic E-state index is 5.76. The highest BCUT2D eigenvalue weighted by Gasteiger charge is 2.06. The third-order valence-electron chi connectivity index (χ3n) is 3.04. The minimum absolute atomic E-state index is 0.403. The molecule has 0 saturated heterocycles. The van der Waals surface area contributed by atoms with Crippen LogP contribution in [0.2, 0.25) is 0 Å². The van der Waals surface area contributed by atoms with Gasteiger partial charge in [0.2, 0.25) is 0 Å². The fourth-order valence-electron chi connectivity index (χ4n) is 2.17. The molecule has 0 fully saturated rings. The molecule has 114 valence electrons. The van der Waals surface area contributed by atoms with Crippen LogP contribution in [0.3, 0.4) is 0 Å². The molecule has 0 atom stereocenters. The SMILES string of the molecule is Cc1cc(C)cc(OCc2cc(CNCC(C)C)no2)c1. The number of aromatic nitrogens is 1. The van der Waals surface area contributed by atoms with Crippen LogP contribution in [0.4, 0.5) is 0 Å². The van der Waals surface area contributed by atoms with Crippen molar-refractivity contribution in [1.29, 1.82) is 0 Å². The first-order chi connectivity index (χ1) is 10.0. The topological polar surface area (TPSA) is 47.3 Å². The monoisotopic (exact) mass is 288 g/mol. The summed E-state index contributed by atoms with van der Waals surface area (Å²) in [4.78, 5) is 0. The number of hydrogen-bond acceptors (Lipinski definition) is 4. The highest BCUT2D eigenvalue weighted by Crippen LogP contribution is 2.18. The van der Waals surface area contributed by atoms with E-state index < -0.39 is 0 Å². The summed E-state index contributed by atoms with van der Waals surface area (Å²) in [6.07, 6.45) is 0. The minimum atomic E-state index is 0.403. The summed E-state index contributed by atoms with van der Waals surface area (Å²) in [5.74, 6) is 2.24. The zero-order valence-electron chi connectivity index (χ0n) is 13.3. The second-order valence-electron chi connectivity index (χ2n) is 5.92. The second kappa shape index (κ2) is 7.27. The summed E-state index contributed by atoms with van der Waals surface area (Å²) < 4.78 is 11.0. The zero-order valence-corrected chi connectivity index (χ0v) is 13.3. The van der Waals surface area contributed by atoms with E-state index in [2.05, 4.69) is 44.2 Å². The van der Waals surface area contributed by atoms with E-state index in [0.717, 1.165) is 30.3 Å². The molecule has 0 bridgehead atoms. The van der Waals surface area contributed by atoms with Crippen LogP contribution in [-0.2, 0) is 13.2 Å². The van der Waals surface area contributed by atoms with Gasteiger partial charge in [-0.1, -0.05) is 25.1 Å². The Hall–Kier alpha value is -1.81. The molecule has 0 aliphatic heterocycles. The fourth-order valence-corrected chi connectivity index (χ4v) is 2.17. The molecule has 0 aliphatic carbocycles. The van der Waals surface area contributed by atoms with Crippen LogP contribution < -0.4 is 10.1 Å². The van der Waals surface area contributed by atoms with Crippen LogP contribution in [-0.4, -0.2) is 11.7 Å². The first-order valence-electron chi connectivity index (χ1n) is 7.39. The van der Waals surface area contributed by atoms with Crippen LogP contribution >= 0.6 is 0 Å². The van der Waals surface area contributed by atoms with E-state index in [4.69, 9.17) is 9.26 Å².